The second-order valence-corrected chi connectivity index (χ2v) is 8.92. The summed E-state index contributed by atoms with van der Waals surface area (Å²) in [5, 5.41) is 0. The fourth-order valence-electron chi connectivity index (χ4n) is 3.00. The first-order valence-electron chi connectivity index (χ1n) is 10.4. The molecule has 0 amide bonds. The largest absolute Gasteiger partial charge is 0.496 e. The van der Waals surface area contributed by atoms with E-state index in [0.29, 0.717) is 23.8 Å². The van der Waals surface area contributed by atoms with Gasteiger partial charge in [0.2, 0.25) is 0 Å². The molecule has 2 rings (SSSR count). The third kappa shape index (κ3) is 7.59. The smallest absolute Gasteiger partial charge is 0.309 e. The van der Waals surface area contributed by atoms with Gasteiger partial charge < -0.3 is 18.9 Å². The van der Waals surface area contributed by atoms with Crippen molar-refractivity contribution in [1.29, 1.82) is 0 Å². The molecule has 0 N–H and O–H groups in total. The molecule has 1 aromatic carbocycles. The molecule has 30 heavy (non-hydrogen) atoms. The maximum absolute atomic E-state index is 13.6. The van der Waals surface area contributed by atoms with Crippen molar-refractivity contribution in [3.05, 3.63) is 29.6 Å². The van der Waals surface area contributed by atoms with Crippen LogP contribution in [0.5, 0.6) is 5.75 Å². The van der Waals surface area contributed by atoms with Crippen molar-refractivity contribution in [2.45, 2.75) is 71.7 Å². The molecular weight excluding hydrogens is 391 g/mol. The lowest BCUT2D eigenvalue weighted by molar-refractivity contribution is -0.167. The van der Waals surface area contributed by atoms with Crippen molar-refractivity contribution in [3.63, 3.8) is 0 Å². The number of carbonyl (C=O) groups is 2. The number of halogens is 1. The molecule has 1 aromatic rings. The van der Waals surface area contributed by atoms with E-state index in [1.165, 1.54) is 19.2 Å². The first kappa shape index (κ1) is 24.1. The summed E-state index contributed by atoms with van der Waals surface area (Å²) in [5.41, 5.74) is -0.00541. The van der Waals surface area contributed by atoms with E-state index in [0.717, 1.165) is 12.8 Å². The number of rotatable bonds is 10. The number of methoxy groups -OCH3 is 1. The Labute approximate surface area is 178 Å². The highest BCUT2D eigenvalue weighted by Crippen LogP contribution is 2.36. The van der Waals surface area contributed by atoms with Crippen LogP contribution in [0.15, 0.2) is 18.2 Å². The normalized spacial score (nSPS) is 17.0. The van der Waals surface area contributed by atoms with Crippen LogP contribution < -0.4 is 4.74 Å². The average Bonchev–Trinajstić information content (AvgIpc) is 3.45. The molecule has 0 unspecified atom stereocenters. The molecule has 0 saturated heterocycles. The van der Waals surface area contributed by atoms with E-state index >= 15 is 0 Å². The Bertz CT molecular complexity index is 738. The van der Waals surface area contributed by atoms with Gasteiger partial charge in [-0.2, -0.15) is 0 Å². The molecule has 3 atom stereocenters. The van der Waals surface area contributed by atoms with Gasteiger partial charge in [0.25, 0.3) is 0 Å². The Balaban J connectivity index is 2.07. The van der Waals surface area contributed by atoms with Gasteiger partial charge in [-0.25, -0.2) is 4.39 Å². The van der Waals surface area contributed by atoms with Crippen molar-refractivity contribution in [3.8, 4) is 5.75 Å². The molecule has 0 aliphatic heterocycles. The van der Waals surface area contributed by atoms with Gasteiger partial charge in [-0.05, 0) is 58.6 Å². The summed E-state index contributed by atoms with van der Waals surface area (Å²) in [6.07, 6.45) is 0.870. The predicted octanol–water partition coefficient (Wildman–Crippen LogP) is 4.60. The lowest BCUT2D eigenvalue weighted by Gasteiger charge is -2.27. The van der Waals surface area contributed by atoms with Gasteiger partial charge in [0.05, 0.1) is 26.1 Å². The number of esters is 2. The lowest BCUT2D eigenvalue weighted by Crippen LogP contribution is -2.30. The summed E-state index contributed by atoms with van der Waals surface area (Å²) in [7, 11) is 1.45. The molecule has 0 aromatic heterocycles. The van der Waals surface area contributed by atoms with Crippen molar-refractivity contribution in [2.75, 3.05) is 13.7 Å². The molecule has 1 aliphatic rings. The minimum absolute atomic E-state index is 0.0731. The molecule has 0 bridgehead atoms. The molecule has 168 valence electrons. The lowest BCUT2D eigenvalue weighted by atomic mass is 10.0. The highest BCUT2D eigenvalue weighted by Gasteiger charge is 2.32. The van der Waals surface area contributed by atoms with Crippen molar-refractivity contribution in [2.24, 2.45) is 11.8 Å². The summed E-state index contributed by atoms with van der Waals surface area (Å²) in [6, 6.07) is 4.19. The molecule has 0 radical (unpaired) electrons. The van der Waals surface area contributed by atoms with Crippen molar-refractivity contribution in [1.82, 2.24) is 0 Å². The van der Waals surface area contributed by atoms with Crippen LogP contribution in [0.3, 0.4) is 0 Å². The Hall–Kier alpha value is -2.15. The van der Waals surface area contributed by atoms with Crippen LogP contribution in [0, 0.1) is 17.7 Å². The maximum Gasteiger partial charge on any atom is 0.309 e. The van der Waals surface area contributed by atoms with Crippen LogP contribution >= 0.6 is 0 Å². The molecular formula is C23H33FO6. The van der Waals surface area contributed by atoms with E-state index in [1.54, 1.807) is 40.7 Å². The summed E-state index contributed by atoms with van der Waals surface area (Å²) in [5.74, 6) is -1.24. The fourth-order valence-corrected chi connectivity index (χ4v) is 3.00. The molecule has 7 heteroatoms. The van der Waals surface area contributed by atoms with Gasteiger partial charge in [0.15, 0.2) is 0 Å². The quantitative estimate of drug-likeness (QED) is 0.511. The van der Waals surface area contributed by atoms with Crippen molar-refractivity contribution >= 4 is 11.9 Å². The number of hydrogen-bond donors (Lipinski definition) is 0. The predicted molar refractivity (Wildman–Crippen MR) is 110 cm³/mol. The molecule has 1 fully saturated rings. The fraction of sp³-hybridized carbons (Fsp3) is 0.652. The van der Waals surface area contributed by atoms with E-state index < -0.39 is 41.5 Å². The topological polar surface area (TPSA) is 71.1 Å². The van der Waals surface area contributed by atoms with Crippen LogP contribution in [0.1, 0.15) is 65.5 Å². The van der Waals surface area contributed by atoms with Gasteiger partial charge >= 0.3 is 11.9 Å². The van der Waals surface area contributed by atoms with Crippen LogP contribution in [0.25, 0.3) is 0 Å². The molecule has 1 saturated carbocycles. The summed E-state index contributed by atoms with van der Waals surface area (Å²) >= 11 is 0. The zero-order chi connectivity index (χ0) is 22.5. The Kier molecular flexibility index (Phi) is 8.24. The minimum atomic E-state index is -0.665. The third-order valence-electron chi connectivity index (χ3n) is 4.73. The van der Waals surface area contributed by atoms with E-state index in [4.69, 9.17) is 18.9 Å². The summed E-state index contributed by atoms with van der Waals surface area (Å²) < 4.78 is 35.9. The number of benzene rings is 1. The van der Waals surface area contributed by atoms with Gasteiger partial charge in [0.1, 0.15) is 29.4 Å². The van der Waals surface area contributed by atoms with Crippen LogP contribution in [-0.2, 0) is 23.8 Å². The first-order valence-corrected chi connectivity index (χ1v) is 10.4. The Morgan fingerprint density at radius 2 is 1.87 bits per heavy atom. The number of carbonyl (C=O) groups excluding carboxylic acids is 2. The maximum atomic E-state index is 13.6. The van der Waals surface area contributed by atoms with Crippen LogP contribution in [0.4, 0.5) is 4.39 Å². The van der Waals surface area contributed by atoms with E-state index in [-0.39, 0.29) is 6.42 Å². The van der Waals surface area contributed by atoms with Gasteiger partial charge in [-0.1, -0.05) is 6.92 Å². The minimum Gasteiger partial charge on any atom is -0.496 e. The first-order chi connectivity index (χ1) is 14.0. The Morgan fingerprint density at radius 1 is 1.20 bits per heavy atom. The second-order valence-electron chi connectivity index (χ2n) is 8.92. The zero-order valence-corrected chi connectivity index (χ0v) is 18.7. The van der Waals surface area contributed by atoms with E-state index in [2.05, 4.69) is 0 Å². The molecule has 0 spiro atoms. The highest BCUT2D eigenvalue weighted by atomic mass is 19.1. The number of hydrogen-bond acceptors (Lipinski definition) is 6. The van der Waals surface area contributed by atoms with E-state index in [9.17, 15) is 14.0 Å². The van der Waals surface area contributed by atoms with Crippen LogP contribution in [0.2, 0.25) is 0 Å². The second kappa shape index (κ2) is 10.2. The Morgan fingerprint density at radius 3 is 2.43 bits per heavy atom. The van der Waals surface area contributed by atoms with Gasteiger partial charge in [-0.15, -0.1) is 0 Å². The highest BCUT2D eigenvalue weighted by molar-refractivity contribution is 5.80. The van der Waals surface area contributed by atoms with Crippen molar-refractivity contribution < 1.29 is 32.9 Å². The monoisotopic (exact) mass is 424 g/mol. The zero-order valence-electron chi connectivity index (χ0n) is 18.7. The standard InChI is InChI=1S/C23H33FO6/c1-14(11-20(25)30-23(3,4)5)22(26)29-15(2)21(28-13-16-7-8-16)18-10-9-17(24)12-19(18)27-6/h9-10,12,14-16,21H,7-8,11,13H2,1-6H3/t14-,15+,21+/m1/s1. The average molecular weight is 425 g/mol. The van der Waals surface area contributed by atoms with Gasteiger partial charge in [-0.3, -0.25) is 9.59 Å². The molecule has 0 heterocycles. The molecule has 6 nitrogen and oxygen atoms in total. The summed E-state index contributed by atoms with van der Waals surface area (Å²) in [4.78, 5) is 24.6. The SMILES string of the molecule is COc1cc(F)ccc1[C@@H](OCC1CC1)[C@H](C)OC(=O)[C@H](C)CC(=O)OC(C)(C)C. The third-order valence-corrected chi connectivity index (χ3v) is 4.73. The summed E-state index contributed by atoms with van der Waals surface area (Å²) in [6.45, 7) is 9.19. The van der Waals surface area contributed by atoms with Gasteiger partial charge in [0, 0.05) is 11.6 Å². The molecule has 1 aliphatic carbocycles. The van der Waals surface area contributed by atoms with E-state index in [1.807, 2.05) is 0 Å². The number of ether oxygens (including phenoxy) is 4. The van der Waals surface area contributed by atoms with Crippen LogP contribution in [-0.4, -0.2) is 37.4 Å².